The van der Waals surface area contributed by atoms with E-state index in [1.165, 1.54) is 0 Å². The molecule has 0 unspecified atom stereocenters. The van der Waals surface area contributed by atoms with E-state index in [4.69, 9.17) is 12.2 Å². The van der Waals surface area contributed by atoms with Gasteiger partial charge in [-0.3, -0.25) is 0 Å². The Morgan fingerprint density at radius 2 is 2.38 bits per heavy atom. The highest BCUT2D eigenvalue weighted by molar-refractivity contribution is 7.99. The van der Waals surface area contributed by atoms with Gasteiger partial charge in [-0.15, -0.1) is 22.5 Å². The topological polar surface area (TPSA) is 56.7 Å². The Bertz CT molecular complexity index is 312. The van der Waals surface area contributed by atoms with E-state index in [1.807, 2.05) is 11.6 Å². The van der Waals surface area contributed by atoms with E-state index in [2.05, 4.69) is 16.1 Å². The van der Waals surface area contributed by atoms with Crippen LogP contribution in [0.2, 0.25) is 0 Å². The Hall–Kier alpha value is -0.990. The highest BCUT2D eigenvalue weighted by atomic mass is 32.2. The second-order valence-corrected chi connectivity index (χ2v) is 3.53. The molecule has 13 heavy (non-hydrogen) atoms. The summed E-state index contributed by atoms with van der Waals surface area (Å²) in [6.45, 7) is 0.416. The van der Waals surface area contributed by atoms with Crippen molar-refractivity contribution >= 4 is 11.8 Å². The molecule has 0 saturated heterocycles. The van der Waals surface area contributed by atoms with Crippen LogP contribution in [0.25, 0.3) is 0 Å². The van der Waals surface area contributed by atoms with Crippen LogP contribution in [0.1, 0.15) is 12.2 Å². The van der Waals surface area contributed by atoms with Crippen LogP contribution in [-0.2, 0) is 13.6 Å². The smallest absolute Gasteiger partial charge is 0.191 e. The van der Waals surface area contributed by atoms with E-state index in [0.29, 0.717) is 6.54 Å². The molecule has 1 heterocycles. The van der Waals surface area contributed by atoms with Crippen molar-refractivity contribution in [3.8, 4) is 12.3 Å². The molecule has 0 amide bonds. The minimum atomic E-state index is 0.416. The van der Waals surface area contributed by atoms with Crippen LogP contribution < -0.4 is 5.73 Å². The first-order valence-corrected chi connectivity index (χ1v) is 4.92. The Morgan fingerprint density at radius 1 is 1.62 bits per heavy atom. The molecule has 0 fully saturated rings. The average Bonchev–Trinajstić information content (AvgIpc) is 2.48. The van der Waals surface area contributed by atoms with Gasteiger partial charge in [-0.2, -0.15) is 0 Å². The molecule has 5 heteroatoms. The highest BCUT2D eigenvalue weighted by Crippen LogP contribution is 2.15. The number of thioether (sulfide) groups is 1. The monoisotopic (exact) mass is 196 g/mol. The fourth-order valence-electron chi connectivity index (χ4n) is 0.850. The number of rotatable bonds is 4. The van der Waals surface area contributed by atoms with Crippen molar-refractivity contribution in [1.29, 1.82) is 0 Å². The largest absolute Gasteiger partial charge is 0.324 e. The number of nitrogens with two attached hydrogens (primary N) is 1. The van der Waals surface area contributed by atoms with Gasteiger partial charge in [-0.25, -0.2) is 0 Å². The van der Waals surface area contributed by atoms with Crippen LogP contribution in [0.5, 0.6) is 0 Å². The van der Waals surface area contributed by atoms with Gasteiger partial charge in [0, 0.05) is 19.2 Å². The second kappa shape index (κ2) is 4.90. The predicted octanol–water partition coefficient (Wildman–Crippen LogP) is 0.389. The number of aromatic nitrogens is 3. The standard InChI is InChI=1S/C8H12N4S/c1-3-4-5-13-8-11-10-7(6-9)12(8)2/h1H,4-6,9H2,2H3. The van der Waals surface area contributed by atoms with Crippen LogP contribution in [0.15, 0.2) is 5.16 Å². The van der Waals surface area contributed by atoms with E-state index >= 15 is 0 Å². The molecule has 1 rings (SSSR count). The molecule has 2 N–H and O–H groups in total. The molecule has 1 aromatic heterocycles. The van der Waals surface area contributed by atoms with E-state index in [9.17, 15) is 0 Å². The third-order valence-electron chi connectivity index (χ3n) is 1.59. The number of hydrogen-bond acceptors (Lipinski definition) is 4. The predicted molar refractivity (Wildman–Crippen MR) is 53.1 cm³/mol. The summed E-state index contributed by atoms with van der Waals surface area (Å²) in [6, 6.07) is 0. The fraction of sp³-hybridized carbons (Fsp3) is 0.500. The molecule has 0 aliphatic carbocycles. The second-order valence-electron chi connectivity index (χ2n) is 2.46. The first-order valence-electron chi connectivity index (χ1n) is 3.94. The Morgan fingerprint density at radius 3 is 2.92 bits per heavy atom. The van der Waals surface area contributed by atoms with Gasteiger partial charge in [0.2, 0.25) is 0 Å². The van der Waals surface area contributed by atoms with Crippen molar-refractivity contribution in [3.63, 3.8) is 0 Å². The maximum absolute atomic E-state index is 5.45. The van der Waals surface area contributed by atoms with Crippen LogP contribution in [0.3, 0.4) is 0 Å². The molecule has 0 radical (unpaired) electrons. The molecule has 70 valence electrons. The molecular formula is C8H12N4S. The minimum absolute atomic E-state index is 0.416. The Kier molecular flexibility index (Phi) is 3.80. The molecule has 0 atom stereocenters. The van der Waals surface area contributed by atoms with Crippen molar-refractivity contribution in [3.05, 3.63) is 5.82 Å². The zero-order valence-electron chi connectivity index (χ0n) is 7.53. The zero-order valence-corrected chi connectivity index (χ0v) is 8.34. The van der Waals surface area contributed by atoms with Crippen molar-refractivity contribution in [2.75, 3.05) is 5.75 Å². The molecular weight excluding hydrogens is 184 g/mol. The maximum Gasteiger partial charge on any atom is 0.191 e. The molecule has 0 saturated carbocycles. The van der Waals surface area contributed by atoms with Crippen LogP contribution >= 0.6 is 11.8 Å². The van der Waals surface area contributed by atoms with Gasteiger partial charge in [0.1, 0.15) is 5.82 Å². The summed E-state index contributed by atoms with van der Waals surface area (Å²) in [4.78, 5) is 0. The first-order chi connectivity index (χ1) is 6.29. The molecule has 0 aromatic carbocycles. The van der Waals surface area contributed by atoms with E-state index < -0.39 is 0 Å². The van der Waals surface area contributed by atoms with Crippen LogP contribution in [0, 0.1) is 12.3 Å². The van der Waals surface area contributed by atoms with Crippen molar-refractivity contribution in [1.82, 2.24) is 14.8 Å². The number of nitrogens with zero attached hydrogens (tertiary/aromatic N) is 3. The first kappa shape index (κ1) is 10.1. The van der Waals surface area contributed by atoms with Gasteiger partial charge in [0.15, 0.2) is 5.16 Å². The summed E-state index contributed by atoms with van der Waals surface area (Å²) < 4.78 is 1.89. The van der Waals surface area contributed by atoms with Gasteiger partial charge >= 0.3 is 0 Å². The van der Waals surface area contributed by atoms with Gasteiger partial charge in [0.05, 0.1) is 6.54 Å². The molecule has 0 spiro atoms. The fourth-order valence-corrected chi connectivity index (χ4v) is 1.65. The third kappa shape index (κ3) is 2.47. The lowest BCUT2D eigenvalue weighted by Gasteiger charge is -1.99. The van der Waals surface area contributed by atoms with Crippen molar-refractivity contribution in [2.24, 2.45) is 12.8 Å². The van der Waals surface area contributed by atoms with Gasteiger partial charge < -0.3 is 10.3 Å². The summed E-state index contributed by atoms with van der Waals surface area (Å²) in [5.41, 5.74) is 5.45. The normalized spacial score (nSPS) is 9.92. The third-order valence-corrected chi connectivity index (χ3v) is 2.61. The summed E-state index contributed by atoms with van der Waals surface area (Å²) in [5, 5.41) is 8.79. The molecule has 0 aliphatic heterocycles. The molecule has 1 aromatic rings. The number of hydrogen-bond donors (Lipinski definition) is 1. The van der Waals surface area contributed by atoms with Crippen LogP contribution in [-0.4, -0.2) is 20.5 Å². The van der Waals surface area contributed by atoms with Crippen molar-refractivity contribution < 1.29 is 0 Å². The molecule has 0 bridgehead atoms. The molecule has 4 nitrogen and oxygen atoms in total. The summed E-state index contributed by atoms with van der Waals surface area (Å²) >= 11 is 1.60. The summed E-state index contributed by atoms with van der Waals surface area (Å²) in [6.07, 6.45) is 5.88. The summed E-state index contributed by atoms with van der Waals surface area (Å²) in [7, 11) is 1.90. The lowest BCUT2D eigenvalue weighted by Crippen LogP contribution is -2.05. The average molecular weight is 196 g/mol. The van der Waals surface area contributed by atoms with E-state index in [-0.39, 0.29) is 0 Å². The quantitative estimate of drug-likeness (QED) is 0.430. The van der Waals surface area contributed by atoms with E-state index in [1.54, 1.807) is 11.8 Å². The number of terminal acetylenes is 1. The van der Waals surface area contributed by atoms with E-state index in [0.717, 1.165) is 23.2 Å². The minimum Gasteiger partial charge on any atom is -0.324 e. The lowest BCUT2D eigenvalue weighted by atomic mass is 10.5. The zero-order chi connectivity index (χ0) is 9.68. The summed E-state index contributed by atoms with van der Waals surface area (Å²) in [5.74, 6) is 4.24. The SMILES string of the molecule is C#CCCSc1nnc(CN)n1C. The lowest BCUT2D eigenvalue weighted by molar-refractivity contribution is 0.734. The Labute approximate surface area is 81.9 Å². The Balaban J connectivity index is 2.57. The maximum atomic E-state index is 5.45. The van der Waals surface area contributed by atoms with Gasteiger partial charge in [-0.1, -0.05) is 11.8 Å². The highest BCUT2D eigenvalue weighted by Gasteiger charge is 2.06. The van der Waals surface area contributed by atoms with Gasteiger partial charge in [-0.05, 0) is 0 Å². The van der Waals surface area contributed by atoms with Crippen LogP contribution in [0.4, 0.5) is 0 Å². The molecule has 0 aliphatic rings. The van der Waals surface area contributed by atoms with Gasteiger partial charge in [0.25, 0.3) is 0 Å². The van der Waals surface area contributed by atoms with Crippen molar-refractivity contribution in [2.45, 2.75) is 18.1 Å².